The molecule has 0 unspecified atom stereocenters. The highest BCUT2D eigenvalue weighted by molar-refractivity contribution is 7.93. The molecule has 0 saturated carbocycles. The van der Waals surface area contributed by atoms with Crippen LogP contribution in [-0.2, 0) is 32.6 Å². The second kappa shape index (κ2) is 12.7. The van der Waals surface area contributed by atoms with E-state index in [1.54, 1.807) is 30.2 Å². The smallest absolute Gasteiger partial charge is 0.265 e. The van der Waals surface area contributed by atoms with E-state index in [1.165, 1.54) is 4.31 Å². The number of likely N-dealkylation sites (N-methyl/N-ethyl adjacent to an activating group) is 1. The van der Waals surface area contributed by atoms with Crippen molar-refractivity contribution in [3.8, 4) is 5.75 Å². The number of hydrogen-bond acceptors (Lipinski definition) is 5. The molecule has 1 N–H and O–H groups in total. The number of benzene rings is 4. The fourth-order valence-electron chi connectivity index (χ4n) is 5.53. The summed E-state index contributed by atoms with van der Waals surface area (Å²) in [4.78, 5) is 29.2. The summed E-state index contributed by atoms with van der Waals surface area (Å²) in [5.74, 6) is 0.199. The summed E-state index contributed by atoms with van der Waals surface area (Å²) in [6.45, 7) is 2.64. The summed E-state index contributed by atoms with van der Waals surface area (Å²) < 4.78 is 33.6. The van der Waals surface area contributed by atoms with Crippen LogP contribution >= 0.6 is 0 Å². The minimum Gasteiger partial charge on any atom is -0.497 e. The fraction of sp³-hybridized carbons (Fsp3) is 0.273. The molecule has 1 atom stereocenters. The number of nitrogens with zero attached hydrogens (tertiary/aromatic N) is 2. The van der Waals surface area contributed by atoms with Gasteiger partial charge in [0.1, 0.15) is 11.8 Å². The molecule has 8 nitrogen and oxygen atoms in total. The number of sulfonamides is 1. The van der Waals surface area contributed by atoms with Crippen molar-refractivity contribution in [1.82, 2.24) is 10.2 Å². The molecule has 0 saturated heterocycles. The Labute approximate surface area is 247 Å². The first-order chi connectivity index (χ1) is 20.3. The number of ether oxygens (including phenoxy) is 1. The summed E-state index contributed by atoms with van der Waals surface area (Å²) in [6, 6.07) is 27.1. The van der Waals surface area contributed by atoms with Crippen molar-refractivity contribution in [3.63, 3.8) is 0 Å². The maximum atomic E-state index is 13.9. The highest BCUT2D eigenvalue weighted by Gasteiger charge is 2.36. The Hall–Kier alpha value is -4.37. The lowest BCUT2D eigenvalue weighted by molar-refractivity contribution is -0.141. The molecule has 42 heavy (non-hydrogen) atoms. The Balaban J connectivity index is 1.39. The van der Waals surface area contributed by atoms with Gasteiger partial charge in [-0.25, -0.2) is 8.42 Å². The molecular weight excluding hydrogens is 550 g/mol. The van der Waals surface area contributed by atoms with Crippen molar-refractivity contribution < 1.29 is 22.7 Å². The minimum atomic E-state index is -3.72. The van der Waals surface area contributed by atoms with Crippen LogP contribution in [0.3, 0.4) is 0 Å². The van der Waals surface area contributed by atoms with Crippen LogP contribution < -0.4 is 14.4 Å². The molecule has 1 aliphatic heterocycles. The van der Waals surface area contributed by atoms with Gasteiger partial charge in [0, 0.05) is 37.9 Å². The third-order valence-electron chi connectivity index (χ3n) is 7.54. The monoisotopic (exact) mass is 585 g/mol. The van der Waals surface area contributed by atoms with Crippen LogP contribution in [0.1, 0.15) is 30.9 Å². The van der Waals surface area contributed by atoms with E-state index in [9.17, 15) is 18.0 Å². The van der Waals surface area contributed by atoms with E-state index in [-0.39, 0.29) is 31.3 Å². The van der Waals surface area contributed by atoms with Crippen molar-refractivity contribution in [1.29, 1.82) is 0 Å². The molecule has 0 spiro atoms. The summed E-state index contributed by atoms with van der Waals surface area (Å²) in [7, 11) is -2.14. The first kappa shape index (κ1) is 29.1. The number of hydrogen-bond donors (Lipinski definition) is 1. The zero-order chi connectivity index (χ0) is 29.7. The molecule has 0 aromatic heterocycles. The average molecular weight is 586 g/mol. The Morgan fingerprint density at radius 1 is 0.929 bits per heavy atom. The SMILES string of the molecule is CCNC(=O)[C@H](Cc1ccccc1)N(Cc1cccc(OC)c1)C(=O)CCCN1c2cccc3cccc(c23)S1(=O)=O. The molecule has 5 rings (SSSR count). The van der Waals surface area contributed by atoms with E-state index in [2.05, 4.69) is 5.32 Å². The van der Waals surface area contributed by atoms with Crippen molar-refractivity contribution in [2.45, 2.75) is 43.7 Å². The Morgan fingerprint density at radius 2 is 1.64 bits per heavy atom. The van der Waals surface area contributed by atoms with Gasteiger partial charge in [0.2, 0.25) is 11.8 Å². The van der Waals surface area contributed by atoms with Crippen molar-refractivity contribution in [2.24, 2.45) is 0 Å². The van der Waals surface area contributed by atoms with Crippen LogP contribution in [0.2, 0.25) is 0 Å². The molecule has 1 heterocycles. The van der Waals surface area contributed by atoms with E-state index in [0.29, 0.717) is 41.1 Å². The second-order valence-corrected chi connectivity index (χ2v) is 12.1. The van der Waals surface area contributed by atoms with Gasteiger partial charge in [-0.15, -0.1) is 0 Å². The van der Waals surface area contributed by atoms with E-state index in [1.807, 2.05) is 79.7 Å². The van der Waals surface area contributed by atoms with Gasteiger partial charge < -0.3 is 15.0 Å². The lowest BCUT2D eigenvalue weighted by Crippen LogP contribution is -2.50. The molecule has 0 aliphatic carbocycles. The third kappa shape index (κ3) is 5.97. The van der Waals surface area contributed by atoms with Gasteiger partial charge in [0.25, 0.3) is 10.0 Å². The van der Waals surface area contributed by atoms with Gasteiger partial charge in [0.15, 0.2) is 0 Å². The van der Waals surface area contributed by atoms with Gasteiger partial charge in [-0.2, -0.15) is 0 Å². The van der Waals surface area contributed by atoms with Crippen molar-refractivity contribution in [2.75, 3.05) is 24.5 Å². The quantitative estimate of drug-likeness (QED) is 0.255. The maximum Gasteiger partial charge on any atom is 0.265 e. The topological polar surface area (TPSA) is 96.0 Å². The average Bonchev–Trinajstić information content (AvgIpc) is 3.22. The van der Waals surface area contributed by atoms with Crippen LogP contribution in [-0.4, -0.2) is 51.4 Å². The number of methoxy groups -OCH3 is 1. The molecule has 4 aromatic carbocycles. The molecule has 9 heteroatoms. The standard InChI is InChI=1S/C33H35N3O5S/c1-3-34-33(38)29(22-24-11-5-4-6-12-24)35(23-25-13-7-16-27(21-25)41-2)31(37)19-10-20-36-28-17-8-14-26-15-9-18-30(32(26)28)42(36,39)40/h4-9,11-18,21,29H,3,10,19-20,22-23H2,1-2H3,(H,34,38)/t29-/m0/s1. The lowest BCUT2D eigenvalue weighted by Gasteiger charge is -2.32. The molecule has 0 fully saturated rings. The Morgan fingerprint density at radius 3 is 2.38 bits per heavy atom. The van der Waals surface area contributed by atoms with E-state index in [4.69, 9.17) is 4.74 Å². The zero-order valence-corrected chi connectivity index (χ0v) is 24.6. The molecule has 1 aliphatic rings. The number of nitrogens with one attached hydrogen (secondary N) is 1. The van der Waals surface area contributed by atoms with Gasteiger partial charge in [-0.3, -0.25) is 13.9 Å². The highest BCUT2D eigenvalue weighted by Crippen LogP contribution is 2.42. The van der Waals surface area contributed by atoms with Gasteiger partial charge in [-0.05, 0) is 54.1 Å². The van der Waals surface area contributed by atoms with Gasteiger partial charge >= 0.3 is 0 Å². The highest BCUT2D eigenvalue weighted by atomic mass is 32.2. The first-order valence-electron chi connectivity index (χ1n) is 14.1. The van der Waals surface area contributed by atoms with E-state index >= 15 is 0 Å². The van der Waals surface area contributed by atoms with Crippen LogP contribution in [0, 0.1) is 0 Å². The summed E-state index contributed by atoms with van der Waals surface area (Å²) in [5, 5.41) is 4.47. The number of rotatable bonds is 12. The maximum absolute atomic E-state index is 13.9. The molecule has 2 amide bonds. The summed E-state index contributed by atoms with van der Waals surface area (Å²) in [5.41, 5.74) is 2.40. The first-order valence-corrected chi connectivity index (χ1v) is 15.6. The number of carbonyl (C=O) groups is 2. The second-order valence-electron chi connectivity index (χ2n) is 10.3. The predicted molar refractivity (Wildman–Crippen MR) is 164 cm³/mol. The number of anilines is 1. The molecule has 0 bridgehead atoms. The normalized spacial score (nSPS) is 14.0. The summed E-state index contributed by atoms with van der Waals surface area (Å²) >= 11 is 0. The van der Waals surface area contributed by atoms with Crippen LogP contribution in [0.4, 0.5) is 5.69 Å². The van der Waals surface area contributed by atoms with Crippen LogP contribution in [0.25, 0.3) is 10.8 Å². The predicted octanol–water partition coefficient (Wildman–Crippen LogP) is 4.91. The minimum absolute atomic E-state index is 0.0764. The molecule has 4 aromatic rings. The van der Waals surface area contributed by atoms with E-state index in [0.717, 1.165) is 16.5 Å². The van der Waals surface area contributed by atoms with Gasteiger partial charge in [0.05, 0.1) is 17.7 Å². The van der Waals surface area contributed by atoms with Crippen LogP contribution in [0.15, 0.2) is 95.9 Å². The zero-order valence-electron chi connectivity index (χ0n) is 23.8. The fourth-order valence-corrected chi connectivity index (χ4v) is 7.28. The van der Waals surface area contributed by atoms with E-state index < -0.39 is 16.1 Å². The number of amides is 2. The Bertz CT molecular complexity index is 1690. The summed E-state index contributed by atoms with van der Waals surface area (Å²) in [6.07, 6.45) is 0.720. The van der Waals surface area contributed by atoms with Gasteiger partial charge in [-0.1, -0.05) is 66.7 Å². The van der Waals surface area contributed by atoms with Crippen LogP contribution in [0.5, 0.6) is 5.75 Å². The molecular formula is C33H35N3O5S. The third-order valence-corrected chi connectivity index (χ3v) is 9.40. The molecule has 218 valence electrons. The van der Waals surface area contributed by atoms with Crippen molar-refractivity contribution >= 4 is 38.3 Å². The Kier molecular flexibility index (Phi) is 8.77. The van der Waals surface area contributed by atoms with Crippen molar-refractivity contribution in [3.05, 3.63) is 102 Å². The largest absolute Gasteiger partial charge is 0.497 e. The lowest BCUT2D eigenvalue weighted by atomic mass is 10.0. The molecule has 0 radical (unpaired) electrons. The number of carbonyl (C=O) groups excluding carboxylic acids is 2.